The molecule has 1 aromatic heterocycles. The lowest BCUT2D eigenvalue weighted by atomic mass is 10.0. The molecule has 2 unspecified atom stereocenters. The summed E-state index contributed by atoms with van der Waals surface area (Å²) in [6.45, 7) is 2.88. The number of carbonyl (C=O) groups excluding carboxylic acids is 1. The van der Waals surface area contributed by atoms with Gasteiger partial charge in [0.2, 0.25) is 5.91 Å². The van der Waals surface area contributed by atoms with Crippen LogP contribution in [0.25, 0.3) is 0 Å². The molecule has 3 rings (SSSR count). The number of carbonyl (C=O) groups is 1. The molecule has 102 valence electrons. The van der Waals surface area contributed by atoms with Crippen LogP contribution in [0.5, 0.6) is 0 Å². The van der Waals surface area contributed by atoms with Crippen LogP contribution in [0.3, 0.4) is 0 Å². The van der Waals surface area contributed by atoms with Crippen LogP contribution in [0.15, 0.2) is 18.3 Å². The molecule has 0 aromatic carbocycles. The summed E-state index contributed by atoms with van der Waals surface area (Å²) in [6, 6.07) is 0.263. The Balaban J connectivity index is 1.53. The van der Waals surface area contributed by atoms with E-state index in [1.54, 1.807) is 0 Å². The Labute approximate surface area is 113 Å². The van der Waals surface area contributed by atoms with E-state index in [1.165, 1.54) is 0 Å². The van der Waals surface area contributed by atoms with Crippen molar-refractivity contribution in [2.45, 2.75) is 51.6 Å². The standard InChI is InChI=1S/C15H21N3O/c1-11-9-18-10-13(6-7-14(18)16-11)17-15(19)8-12-4-2-3-5-12/h2,4,9,12-13H,3,5-8,10H2,1H3,(H,17,19). The summed E-state index contributed by atoms with van der Waals surface area (Å²) in [4.78, 5) is 16.5. The molecule has 1 amide bonds. The molecule has 1 aliphatic carbocycles. The minimum atomic E-state index is 0.196. The first-order valence-corrected chi connectivity index (χ1v) is 7.19. The molecule has 1 aliphatic heterocycles. The Bertz CT molecular complexity index is 503. The zero-order valence-corrected chi connectivity index (χ0v) is 11.4. The van der Waals surface area contributed by atoms with E-state index in [2.05, 4.69) is 33.2 Å². The average molecular weight is 259 g/mol. The molecule has 1 aromatic rings. The third-order valence-electron chi connectivity index (χ3n) is 4.04. The number of nitrogens with one attached hydrogen (secondary N) is 1. The van der Waals surface area contributed by atoms with Gasteiger partial charge in [-0.15, -0.1) is 0 Å². The van der Waals surface area contributed by atoms with Crippen molar-refractivity contribution in [1.82, 2.24) is 14.9 Å². The molecule has 0 bridgehead atoms. The van der Waals surface area contributed by atoms with Gasteiger partial charge >= 0.3 is 0 Å². The maximum atomic E-state index is 12.0. The SMILES string of the molecule is Cc1cn2c(n1)CCC(NC(=O)CC1C=CCC1)C2. The largest absolute Gasteiger partial charge is 0.352 e. The van der Waals surface area contributed by atoms with Crippen molar-refractivity contribution in [3.05, 3.63) is 29.9 Å². The molecule has 1 N–H and O–H groups in total. The second-order valence-electron chi connectivity index (χ2n) is 5.72. The number of imidazole rings is 1. The Morgan fingerprint density at radius 1 is 1.53 bits per heavy atom. The summed E-state index contributed by atoms with van der Waals surface area (Å²) in [5.41, 5.74) is 1.07. The molecule has 4 heteroatoms. The van der Waals surface area contributed by atoms with Gasteiger partial charge in [-0.3, -0.25) is 4.79 Å². The first kappa shape index (κ1) is 12.5. The van der Waals surface area contributed by atoms with E-state index in [0.717, 1.165) is 43.7 Å². The topological polar surface area (TPSA) is 46.9 Å². The van der Waals surface area contributed by atoms with Crippen LogP contribution >= 0.6 is 0 Å². The average Bonchev–Trinajstić information content (AvgIpc) is 2.96. The summed E-state index contributed by atoms with van der Waals surface area (Å²) >= 11 is 0. The summed E-state index contributed by atoms with van der Waals surface area (Å²) in [6.07, 6.45) is 11.3. The minimum Gasteiger partial charge on any atom is -0.352 e. The zero-order chi connectivity index (χ0) is 13.2. The molecule has 0 radical (unpaired) electrons. The summed E-state index contributed by atoms with van der Waals surface area (Å²) in [5, 5.41) is 3.17. The van der Waals surface area contributed by atoms with Gasteiger partial charge in [0.15, 0.2) is 0 Å². The molecule has 2 heterocycles. The molecule has 0 spiro atoms. The highest BCUT2D eigenvalue weighted by Gasteiger charge is 2.22. The summed E-state index contributed by atoms with van der Waals surface area (Å²) in [5.74, 6) is 1.80. The van der Waals surface area contributed by atoms with Crippen molar-refractivity contribution in [3.8, 4) is 0 Å². The van der Waals surface area contributed by atoms with Gasteiger partial charge in [-0.25, -0.2) is 4.98 Å². The van der Waals surface area contributed by atoms with Gasteiger partial charge in [0, 0.05) is 31.6 Å². The number of rotatable bonds is 3. The quantitative estimate of drug-likeness (QED) is 0.844. The van der Waals surface area contributed by atoms with Crippen LogP contribution in [0, 0.1) is 12.8 Å². The molecular formula is C15H21N3O. The summed E-state index contributed by atoms with van der Waals surface area (Å²) in [7, 11) is 0. The van der Waals surface area contributed by atoms with Crippen molar-refractivity contribution in [3.63, 3.8) is 0 Å². The normalized spacial score (nSPS) is 25.3. The van der Waals surface area contributed by atoms with E-state index < -0.39 is 0 Å². The fourth-order valence-electron chi connectivity index (χ4n) is 3.09. The van der Waals surface area contributed by atoms with Gasteiger partial charge in [-0.2, -0.15) is 0 Å². The number of aryl methyl sites for hydroxylation is 2. The van der Waals surface area contributed by atoms with Crippen LogP contribution < -0.4 is 5.32 Å². The second-order valence-corrected chi connectivity index (χ2v) is 5.72. The lowest BCUT2D eigenvalue weighted by Gasteiger charge is -2.25. The zero-order valence-electron chi connectivity index (χ0n) is 11.4. The van der Waals surface area contributed by atoms with Crippen LogP contribution in [0.1, 0.15) is 37.2 Å². The number of aromatic nitrogens is 2. The molecule has 0 fully saturated rings. The number of allylic oxidation sites excluding steroid dienone is 2. The molecule has 2 atom stereocenters. The maximum absolute atomic E-state index is 12.0. The third-order valence-corrected chi connectivity index (χ3v) is 4.04. The highest BCUT2D eigenvalue weighted by molar-refractivity contribution is 5.76. The third kappa shape index (κ3) is 2.88. The van der Waals surface area contributed by atoms with Crippen LogP contribution in [0.4, 0.5) is 0 Å². The lowest BCUT2D eigenvalue weighted by Crippen LogP contribution is -2.41. The molecule has 0 saturated heterocycles. The predicted octanol–water partition coefficient (Wildman–Crippen LogP) is 1.98. The number of hydrogen-bond acceptors (Lipinski definition) is 2. The number of nitrogens with zero attached hydrogens (tertiary/aromatic N) is 2. The van der Waals surface area contributed by atoms with Crippen LogP contribution in [-0.2, 0) is 17.8 Å². The highest BCUT2D eigenvalue weighted by Crippen LogP contribution is 2.21. The van der Waals surface area contributed by atoms with E-state index >= 15 is 0 Å². The Morgan fingerprint density at radius 2 is 2.42 bits per heavy atom. The minimum absolute atomic E-state index is 0.196. The monoisotopic (exact) mass is 259 g/mol. The Kier molecular flexibility index (Phi) is 3.40. The number of fused-ring (bicyclic) bond motifs is 1. The van der Waals surface area contributed by atoms with Gasteiger partial charge < -0.3 is 9.88 Å². The first-order valence-electron chi connectivity index (χ1n) is 7.19. The van der Waals surface area contributed by atoms with Gasteiger partial charge in [0.05, 0.1) is 5.69 Å². The Morgan fingerprint density at radius 3 is 3.21 bits per heavy atom. The van der Waals surface area contributed by atoms with Crippen molar-refractivity contribution in [1.29, 1.82) is 0 Å². The predicted molar refractivity (Wildman–Crippen MR) is 73.7 cm³/mol. The molecule has 0 saturated carbocycles. The van der Waals surface area contributed by atoms with Crippen molar-refractivity contribution < 1.29 is 4.79 Å². The van der Waals surface area contributed by atoms with Crippen LogP contribution in [-0.4, -0.2) is 21.5 Å². The van der Waals surface area contributed by atoms with E-state index in [-0.39, 0.29) is 11.9 Å². The molecule has 19 heavy (non-hydrogen) atoms. The van der Waals surface area contributed by atoms with Crippen LogP contribution in [0.2, 0.25) is 0 Å². The maximum Gasteiger partial charge on any atom is 0.220 e. The van der Waals surface area contributed by atoms with E-state index in [1.807, 2.05) is 6.92 Å². The number of amides is 1. The first-order chi connectivity index (χ1) is 9.20. The van der Waals surface area contributed by atoms with Crippen molar-refractivity contribution in [2.75, 3.05) is 0 Å². The van der Waals surface area contributed by atoms with Crippen molar-refractivity contribution in [2.24, 2.45) is 5.92 Å². The van der Waals surface area contributed by atoms with E-state index in [4.69, 9.17) is 0 Å². The smallest absolute Gasteiger partial charge is 0.220 e. The van der Waals surface area contributed by atoms with E-state index in [0.29, 0.717) is 12.3 Å². The van der Waals surface area contributed by atoms with Gasteiger partial charge in [-0.05, 0) is 32.1 Å². The fourth-order valence-corrected chi connectivity index (χ4v) is 3.09. The highest BCUT2D eigenvalue weighted by atomic mass is 16.1. The fraction of sp³-hybridized carbons (Fsp3) is 0.600. The van der Waals surface area contributed by atoms with Gasteiger partial charge in [-0.1, -0.05) is 12.2 Å². The summed E-state index contributed by atoms with van der Waals surface area (Å²) < 4.78 is 2.18. The number of hydrogen-bond donors (Lipinski definition) is 1. The second kappa shape index (κ2) is 5.19. The lowest BCUT2D eigenvalue weighted by molar-refractivity contribution is -0.122. The van der Waals surface area contributed by atoms with Gasteiger partial charge in [0.1, 0.15) is 5.82 Å². The molecular weight excluding hydrogens is 238 g/mol. The van der Waals surface area contributed by atoms with Crippen molar-refractivity contribution >= 4 is 5.91 Å². The molecule has 2 aliphatic rings. The Hall–Kier alpha value is -1.58. The van der Waals surface area contributed by atoms with E-state index in [9.17, 15) is 4.79 Å². The van der Waals surface area contributed by atoms with Gasteiger partial charge in [0.25, 0.3) is 0 Å². The molecule has 4 nitrogen and oxygen atoms in total.